The summed E-state index contributed by atoms with van der Waals surface area (Å²) in [4.78, 5) is 29.6. The van der Waals surface area contributed by atoms with Gasteiger partial charge in [0.1, 0.15) is 30.2 Å². The summed E-state index contributed by atoms with van der Waals surface area (Å²) in [5.74, 6) is -2.78. The Morgan fingerprint density at radius 1 is 0.984 bits per heavy atom. The second-order valence-electron chi connectivity index (χ2n) is 17.9. The average Bonchev–Trinajstić information content (AvgIpc) is 3.67. The molecular weight excluding hydrogens is 833 g/mol. The summed E-state index contributed by atoms with van der Waals surface area (Å²) in [7, 11) is 6.46. The Balaban J connectivity index is 1.69. The Morgan fingerprint density at radius 2 is 1.72 bits per heavy atom. The highest BCUT2D eigenvalue weighted by Gasteiger charge is 2.47. The second-order valence-corrected chi connectivity index (χ2v) is 17.9. The van der Waals surface area contributed by atoms with E-state index in [0.717, 1.165) is 17.7 Å². The molecule has 1 fully saturated rings. The van der Waals surface area contributed by atoms with E-state index in [2.05, 4.69) is 10.3 Å². The van der Waals surface area contributed by atoms with E-state index >= 15 is 0 Å². The van der Waals surface area contributed by atoms with Crippen molar-refractivity contribution in [3.8, 4) is 0 Å². The Labute approximate surface area is 378 Å². The van der Waals surface area contributed by atoms with Crippen LogP contribution in [0.2, 0.25) is 0 Å². The van der Waals surface area contributed by atoms with E-state index in [9.17, 15) is 35.1 Å². The van der Waals surface area contributed by atoms with Crippen LogP contribution in [-0.4, -0.2) is 166 Å². The van der Waals surface area contributed by atoms with Crippen LogP contribution in [0.25, 0.3) is 0 Å². The van der Waals surface area contributed by atoms with E-state index in [0.29, 0.717) is 44.4 Å². The standard InChI is InChI=1S/C46H76N4O14/c1-11-36-32(25-60-45-38(59-10)23-37(58-9)41(55)29(5)61-45)20-26(2)15-16-34(52)27(3)21-31(17-18-50-24-33(47-48-50)14-12-13-19-51)44(28(4)35(53)22-39(54)63-36)64-46-43(57)40(49(7)8)42(56)30(6)62-46/h15-16,20,24,27-32,35-36,38,40,42-46,51,53,55-57H,11-14,17-19,21-23,25H2,1-10H3/b16-15+,26-20+/t27-,28+,29?,30-,31+,32-,35-,36-,38?,40?,42-,43?,44-,45-,46+/m1/s1. The molecule has 0 radical (unpaired) electrons. The monoisotopic (exact) mass is 909 g/mol. The lowest BCUT2D eigenvalue weighted by Gasteiger charge is -2.46. The second kappa shape index (κ2) is 25.6. The van der Waals surface area contributed by atoms with Gasteiger partial charge < -0.3 is 63.6 Å². The van der Waals surface area contributed by atoms with Crippen LogP contribution in [-0.2, 0) is 55.7 Å². The lowest BCUT2D eigenvalue weighted by molar-refractivity contribution is -0.304. The third-order valence-corrected chi connectivity index (χ3v) is 12.8. The van der Waals surface area contributed by atoms with Gasteiger partial charge in [-0.15, -0.1) is 5.10 Å². The van der Waals surface area contributed by atoms with E-state index in [4.69, 9.17) is 33.2 Å². The van der Waals surface area contributed by atoms with E-state index in [1.54, 1.807) is 50.5 Å². The number of carbonyl (C=O) groups is 2. The lowest BCUT2D eigenvalue weighted by Crippen LogP contribution is -2.63. The van der Waals surface area contributed by atoms with Crippen molar-refractivity contribution >= 4 is 11.8 Å². The molecule has 64 heavy (non-hydrogen) atoms. The fraction of sp³-hybridized carbons (Fsp3) is 0.783. The number of methoxy groups -OCH3 is 2. The molecule has 1 aromatic heterocycles. The number of hydrogen-bond donors (Lipinski definition) is 5. The zero-order valence-corrected chi connectivity index (χ0v) is 39.4. The van der Waals surface area contributed by atoms with Crippen molar-refractivity contribution < 1.29 is 68.3 Å². The molecule has 15 atom stereocenters. The minimum atomic E-state index is -1.29. The van der Waals surface area contributed by atoms with Gasteiger partial charge in [-0.2, -0.15) is 0 Å². The maximum Gasteiger partial charge on any atom is 0.308 e. The summed E-state index contributed by atoms with van der Waals surface area (Å²) < 4.78 is 44.2. The van der Waals surface area contributed by atoms with Crippen LogP contribution in [0.15, 0.2) is 41.5 Å². The van der Waals surface area contributed by atoms with Crippen LogP contribution in [0.3, 0.4) is 0 Å². The molecule has 0 saturated carbocycles. The Hall–Kier alpha value is -3.30. The van der Waals surface area contributed by atoms with Gasteiger partial charge in [0, 0.05) is 50.6 Å². The number of aliphatic hydroxyl groups is 5. The number of ether oxygens (including phenoxy) is 7. The van der Waals surface area contributed by atoms with Gasteiger partial charge in [0.15, 0.2) is 24.1 Å². The molecule has 18 nitrogen and oxygen atoms in total. The molecule has 1 aromatic rings. The third-order valence-electron chi connectivity index (χ3n) is 12.8. The molecule has 3 aliphatic rings. The molecule has 1 saturated heterocycles. The third kappa shape index (κ3) is 14.6. The summed E-state index contributed by atoms with van der Waals surface area (Å²) in [6.45, 7) is 11.2. The van der Waals surface area contributed by atoms with Gasteiger partial charge in [-0.1, -0.05) is 43.7 Å². The van der Waals surface area contributed by atoms with Crippen molar-refractivity contribution in [1.82, 2.24) is 19.9 Å². The molecule has 5 N–H and O–H groups in total. The Kier molecular flexibility index (Phi) is 21.3. The number of carbonyl (C=O) groups excluding carboxylic acids is 2. The highest BCUT2D eigenvalue weighted by atomic mass is 16.7. The van der Waals surface area contributed by atoms with Gasteiger partial charge >= 0.3 is 5.97 Å². The number of ketones is 1. The number of aryl methyl sites for hydroxylation is 2. The molecule has 0 aromatic carbocycles. The molecule has 0 bridgehead atoms. The molecule has 4 unspecified atom stereocenters. The first-order valence-corrected chi connectivity index (χ1v) is 22.8. The van der Waals surface area contributed by atoms with Gasteiger partial charge in [0.2, 0.25) is 0 Å². The van der Waals surface area contributed by atoms with Crippen molar-refractivity contribution in [2.75, 3.05) is 41.5 Å². The van der Waals surface area contributed by atoms with Gasteiger partial charge in [-0.05, 0) is 85.4 Å². The Morgan fingerprint density at radius 3 is 2.38 bits per heavy atom. The molecule has 4 heterocycles. The van der Waals surface area contributed by atoms with Gasteiger partial charge in [0.05, 0.1) is 56.3 Å². The zero-order chi connectivity index (χ0) is 47.2. The van der Waals surface area contributed by atoms with Crippen molar-refractivity contribution in [3.05, 3.63) is 47.2 Å². The van der Waals surface area contributed by atoms with Crippen LogP contribution in [0, 0.1) is 23.7 Å². The molecule has 364 valence electrons. The van der Waals surface area contributed by atoms with Crippen LogP contribution in [0.4, 0.5) is 0 Å². The number of cyclic esters (lactones) is 1. The molecule has 3 aliphatic heterocycles. The number of hydrogen-bond acceptors (Lipinski definition) is 17. The summed E-state index contributed by atoms with van der Waals surface area (Å²) >= 11 is 0. The maximum absolute atomic E-state index is 14.0. The van der Waals surface area contributed by atoms with E-state index in [-0.39, 0.29) is 31.2 Å². The first-order chi connectivity index (χ1) is 30.4. The van der Waals surface area contributed by atoms with E-state index < -0.39 is 104 Å². The number of unbranched alkanes of at least 4 members (excludes halogenated alkanes) is 1. The van der Waals surface area contributed by atoms with Crippen molar-refractivity contribution in [2.24, 2.45) is 23.7 Å². The van der Waals surface area contributed by atoms with E-state index in [1.807, 2.05) is 33.0 Å². The summed E-state index contributed by atoms with van der Waals surface area (Å²) in [5, 5.41) is 63.1. The topological polar surface area (TPSA) is 234 Å². The smallest absolute Gasteiger partial charge is 0.308 e. The SMILES string of the molecule is CC[C@H]1OC(=O)C[C@@H](O)[C@H](C)[C@@H](O[C@@H]2O[C@H](C)[C@@H](O)C(N(C)C)C2O)[C@@H](CCn2cc(CCCCO)nn2)C[C@@H](C)C(=O)/C=C/C(C)=C/[C@@H]1CO[C@@H]1OC(C)C(O)=C(OC)CC1OC. The fourth-order valence-corrected chi connectivity index (χ4v) is 8.82. The highest BCUT2D eigenvalue weighted by molar-refractivity contribution is 5.91. The molecule has 4 rings (SSSR count). The predicted octanol–water partition coefficient (Wildman–Crippen LogP) is 3.40. The van der Waals surface area contributed by atoms with Crippen molar-refractivity contribution in [1.29, 1.82) is 0 Å². The quantitative estimate of drug-likeness (QED) is 0.118. The van der Waals surface area contributed by atoms with Crippen LogP contribution in [0.5, 0.6) is 0 Å². The lowest BCUT2D eigenvalue weighted by atomic mass is 9.79. The number of aliphatic hydroxyl groups excluding tert-OH is 5. The first-order valence-electron chi connectivity index (χ1n) is 22.8. The number of nitrogens with zero attached hydrogens (tertiary/aromatic N) is 4. The average molecular weight is 909 g/mol. The van der Waals surface area contributed by atoms with E-state index in [1.165, 1.54) is 20.3 Å². The molecule has 18 heteroatoms. The molecule has 0 aliphatic carbocycles. The van der Waals surface area contributed by atoms with Crippen LogP contribution >= 0.6 is 0 Å². The number of likely N-dealkylation sites (N-methyl/N-ethyl adjacent to an activating group) is 1. The molecule has 0 amide bonds. The summed E-state index contributed by atoms with van der Waals surface area (Å²) in [6, 6.07) is -0.734. The highest BCUT2D eigenvalue weighted by Crippen LogP contribution is 2.35. The number of rotatable bonds is 16. The molecular formula is C46H76N4O14. The Bertz CT molecular complexity index is 1700. The largest absolute Gasteiger partial charge is 0.506 e. The maximum atomic E-state index is 14.0. The van der Waals surface area contributed by atoms with Gasteiger partial charge in [0.25, 0.3) is 0 Å². The number of esters is 1. The number of allylic oxidation sites excluding steroid dienone is 3. The van der Waals surface area contributed by atoms with Gasteiger partial charge in [-0.25, -0.2) is 0 Å². The van der Waals surface area contributed by atoms with Crippen LogP contribution < -0.4 is 0 Å². The van der Waals surface area contributed by atoms with Crippen molar-refractivity contribution in [2.45, 2.75) is 167 Å². The fourth-order valence-electron chi connectivity index (χ4n) is 8.82. The van der Waals surface area contributed by atoms with Gasteiger partial charge in [-0.3, -0.25) is 14.3 Å². The first kappa shape index (κ1) is 53.3. The molecule has 0 spiro atoms. The predicted molar refractivity (Wildman–Crippen MR) is 234 cm³/mol. The normalized spacial score (nSPS) is 36.6. The minimum absolute atomic E-state index is 0.0128. The van der Waals surface area contributed by atoms with Crippen molar-refractivity contribution in [3.63, 3.8) is 0 Å². The summed E-state index contributed by atoms with van der Waals surface area (Å²) in [6.07, 6.45) is 0.540. The minimum Gasteiger partial charge on any atom is -0.506 e. The zero-order valence-electron chi connectivity index (χ0n) is 39.4. The van der Waals surface area contributed by atoms with Crippen LogP contribution in [0.1, 0.15) is 92.2 Å². The summed E-state index contributed by atoms with van der Waals surface area (Å²) in [5.41, 5.74) is 1.50. The number of aromatic nitrogens is 3.